The summed E-state index contributed by atoms with van der Waals surface area (Å²) in [5.41, 5.74) is 0.541. The summed E-state index contributed by atoms with van der Waals surface area (Å²) in [6, 6.07) is 12.7. The number of carbonyl (C=O) groups excluding carboxylic acids is 1. The molecule has 0 aliphatic heterocycles. The summed E-state index contributed by atoms with van der Waals surface area (Å²) >= 11 is 0. The SMILES string of the molecule is O=C(NCC#Cc1c(F)cccc1F)OCc1ccccc1. The minimum atomic E-state index is -0.737. The fraction of sp³-hybridized carbons (Fsp3) is 0.118. The number of hydrogen-bond acceptors (Lipinski definition) is 2. The van der Waals surface area contributed by atoms with Crippen LogP contribution in [0, 0.1) is 23.5 Å². The maximum absolute atomic E-state index is 13.3. The molecule has 2 rings (SSSR count). The number of nitrogens with one attached hydrogen (secondary N) is 1. The number of halogens is 2. The van der Waals surface area contributed by atoms with Gasteiger partial charge in [-0.15, -0.1) is 0 Å². The topological polar surface area (TPSA) is 38.3 Å². The lowest BCUT2D eigenvalue weighted by Gasteiger charge is -2.04. The Morgan fingerprint density at radius 3 is 2.41 bits per heavy atom. The van der Waals surface area contributed by atoms with E-state index in [-0.39, 0.29) is 18.7 Å². The molecule has 0 radical (unpaired) electrons. The molecule has 1 amide bonds. The lowest BCUT2D eigenvalue weighted by molar-refractivity contribution is 0.141. The third-order valence-corrected chi connectivity index (χ3v) is 2.71. The number of alkyl carbamates (subject to hydrolysis) is 1. The molecule has 0 saturated heterocycles. The second-order valence-corrected chi connectivity index (χ2v) is 4.31. The number of hydrogen-bond donors (Lipinski definition) is 1. The number of amides is 1. The van der Waals surface area contributed by atoms with Gasteiger partial charge in [0.1, 0.15) is 18.2 Å². The van der Waals surface area contributed by atoms with Crippen LogP contribution in [0.1, 0.15) is 11.1 Å². The molecule has 0 saturated carbocycles. The first-order chi connectivity index (χ1) is 10.7. The fourth-order valence-electron chi connectivity index (χ4n) is 1.64. The van der Waals surface area contributed by atoms with Crippen molar-refractivity contribution < 1.29 is 18.3 Å². The van der Waals surface area contributed by atoms with Gasteiger partial charge in [-0.1, -0.05) is 48.2 Å². The van der Waals surface area contributed by atoms with Crippen molar-refractivity contribution in [2.24, 2.45) is 0 Å². The van der Waals surface area contributed by atoms with Crippen molar-refractivity contribution >= 4 is 6.09 Å². The summed E-state index contributed by atoms with van der Waals surface area (Å²) < 4.78 is 31.5. The Balaban J connectivity index is 1.79. The smallest absolute Gasteiger partial charge is 0.408 e. The van der Waals surface area contributed by atoms with E-state index in [9.17, 15) is 13.6 Å². The van der Waals surface area contributed by atoms with Gasteiger partial charge in [-0.25, -0.2) is 13.6 Å². The molecule has 0 bridgehead atoms. The normalized spacial score (nSPS) is 9.55. The Kier molecular flexibility index (Phi) is 5.50. The molecule has 0 heterocycles. The van der Waals surface area contributed by atoms with Crippen LogP contribution < -0.4 is 5.32 Å². The Bertz CT molecular complexity index is 685. The van der Waals surface area contributed by atoms with Crippen LogP contribution in [0.4, 0.5) is 13.6 Å². The summed E-state index contributed by atoms with van der Waals surface area (Å²) in [6.07, 6.45) is -0.646. The van der Waals surface area contributed by atoms with Crippen molar-refractivity contribution in [1.82, 2.24) is 5.32 Å². The summed E-state index contributed by atoms with van der Waals surface area (Å²) in [5.74, 6) is 3.34. The molecule has 0 aliphatic carbocycles. The first-order valence-electron chi connectivity index (χ1n) is 6.54. The van der Waals surface area contributed by atoms with Crippen LogP contribution in [-0.4, -0.2) is 12.6 Å². The molecule has 5 heteroatoms. The highest BCUT2D eigenvalue weighted by molar-refractivity contribution is 5.67. The van der Waals surface area contributed by atoms with Crippen molar-refractivity contribution in [2.75, 3.05) is 6.54 Å². The van der Waals surface area contributed by atoms with Gasteiger partial charge in [0.15, 0.2) is 0 Å². The molecule has 0 spiro atoms. The molecule has 112 valence electrons. The maximum atomic E-state index is 13.3. The number of benzene rings is 2. The van der Waals surface area contributed by atoms with Gasteiger partial charge in [0.2, 0.25) is 0 Å². The monoisotopic (exact) mass is 301 g/mol. The van der Waals surface area contributed by atoms with Gasteiger partial charge in [0.25, 0.3) is 0 Å². The second-order valence-electron chi connectivity index (χ2n) is 4.31. The predicted molar refractivity (Wildman–Crippen MR) is 77.9 cm³/mol. The lowest BCUT2D eigenvalue weighted by Crippen LogP contribution is -2.24. The van der Waals surface area contributed by atoms with Gasteiger partial charge in [0, 0.05) is 0 Å². The van der Waals surface area contributed by atoms with Crippen molar-refractivity contribution in [3.8, 4) is 11.8 Å². The third kappa shape index (κ3) is 4.60. The highest BCUT2D eigenvalue weighted by Gasteiger charge is 2.04. The van der Waals surface area contributed by atoms with E-state index in [1.807, 2.05) is 30.3 Å². The van der Waals surface area contributed by atoms with Crippen LogP contribution in [0.25, 0.3) is 0 Å². The van der Waals surface area contributed by atoms with Gasteiger partial charge in [-0.05, 0) is 17.7 Å². The summed E-state index contributed by atoms with van der Waals surface area (Å²) in [4.78, 5) is 11.4. The highest BCUT2D eigenvalue weighted by atomic mass is 19.1. The first-order valence-corrected chi connectivity index (χ1v) is 6.54. The first kappa shape index (κ1) is 15.5. The zero-order valence-electron chi connectivity index (χ0n) is 11.6. The molecule has 1 N–H and O–H groups in total. The molecule has 0 fully saturated rings. The van der Waals surface area contributed by atoms with E-state index in [1.54, 1.807) is 0 Å². The number of carbonyl (C=O) groups is 1. The van der Waals surface area contributed by atoms with E-state index in [4.69, 9.17) is 4.74 Å². The molecule has 0 aliphatic rings. The fourth-order valence-corrected chi connectivity index (χ4v) is 1.64. The molecular formula is C17H13F2NO2. The van der Waals surface area contributed by atoms with Gasteiger partial charge < -0.3 is 10.1 Å². The van der Waals surface area contributed by atoms with Crippen molar-refractivity contribution in [3.63, 3.8) is 0 Å². The average molecular weight is 301 g/mol. The Labute approximate surface area is 126 Å². The third-order valence-electron chi connectivity index (χ3n) is 2.71. The van der Waals surface area contributed by atoms with E-state index in [0.717, 1.165) is 17.7 Å². The van der Waals surface area contributed by atoms with Gasteiger partial charge in [0.05, 0.1) is 12.1 Å². The van der Waals surface area contributed by atoms with Gasteiger partial charge in [-0.2, -0.15) is 0 Å². The summed E-state index contributed by atoms with van der Waals surface area (Å²) in [7, 11) is 0. The molecule has 0 unspecified atom stereocenters. The quantitative estimate of drug-likeness (QED) is 0.884. The number of rotatable bonds is 3. The Morgan fingerprint density at radius 1 is 1.05 bits per heavy atom. The molecule has 2 aromatic rings. The van der Waals surface area contributed by atoms with Crippen LogP contribution in [0.15, 0.2) is 48.5 Å². The Hall–Kier alpha value is -2.87. The van der Waals surface area contributed by atoms with E-state index >= 15 is 0 Å². The molecule has 2 aromatic carbocycles. The summed E-state index contributed by atoms with van der Waals surface area (Å²) in [5, 5.41) is 2.38. The Morgan fingerprint density at radius 2 is 1.73 bits per heavy atom. The van der Waals surface area contributed by atoms with E-state index in [1.165, 1.54) is 6.07 Å². The van der Waals surface area contributed by atoms with E-state index < -0.39 is 17.7 Å². The molecule has 3 nitrogen and oxygen atoms in total. The molecule has 0 aromatic heterocycles. The molecule has 0 atom stereocenters. The second kappa shape index (κ2) is 7.79. The van der Waals surface area contributed by atoms with E-state index in [2.05, 4.69) is 17.2 Å². The van der Waals surface area contributed by atoms with Crippen LogP contribution in [0.5, 0.6) is 0 Å². The van der Waals surface area contributed by atoms with Crippen molar-refractivity contribution in [2.45, 2.75) is 6.61 Å². The zero-order chi connectivity index (χ0) is 15.8. The summed E-state index contributed by atoms with van der Waals surface area (Å²) in [6.45, 7) is 0.0729. The standard InChI is InChI=1S/C17H13F2NO2/c18-15-9-4-10-16(19)14(15)8-5-11-20-17(21)22-12-13-6-2-1-3-7-13/h1-4,6-7,9-10H,11-12H2,(H,20,21). The molecule has 22 heavy (non-hydrogen) atoms. The van der Waals surface area contributed by atoms with Crippen LogP contribution >= 0.6 is 0 Å². The van der Waals surface area contributed by atoms with Gasteiger partial charge in [-0.3, -0.25) is 0 Å². The van der Waals surface area contributed by atoms with Gasteiger partial charge >= 0.3 is 6.09 Å². The zero-order valence-corrected chi connectivity index (χ0v) is 11.6. The largest absolute Gasteiger partial charge is 0.445 e. The molecular weight excluding hydrogens is 288 g/mol. The van der Waals surface area contributed by atoms with Crippen LogP contribution in [0.3, 0.4) is 0 Å². The maximum Gasteiger partial charge on any atom is 0.408 e. The van der Waals surface area contributed by atoms with E-state index in [0.29, 0.717) is 0 Å². The van der Waals surface area contributed by atoms with Crippen LogP contribution in [-0.2, 0) is 11.3 Å². The minimum Gasteiger partial charge on any atom is -0.445 e. The highest BCUT2D eigenvalue weighted by Crippen LogP contribution is 2.09. The van der Waals surface area contributed by atoms with Crippen molar-refractivity contribution in [1.29, 1.82) is 0 Å². The lowest BCUT2D eigenvalue weighted by atomic mass is 10.2. The predicted octanol–water partition coefficient (Wildman–Crippen LogP) is 3.24. The van der Waals surface area contributed by atoms with Crippen LogP contribution in [0.2, 0.25) is 0 Å². The van der Waals surface area contributed by atoms with Crippen molar-refractivity contribution in [3.05, 3.63) is 71.3 Å². The average Bonchev–Trinajstić information content (AvgIpc) is 2.53. The number of ether oxygens (including phenoxy) is 1. The minimum absolute atomic E-state index is 0.0681.